The Labute approximate surface area is 162 Å². The minimum absolute atomic E-state index is 0.0354. The molecule has 146 valence electrons. The number of aryl methyl sites for hydroxylation is 2. The van der Waals surface area contributed by atoms with Crippen molar-refractivity contribution in [3.63, 3.8) is 0 Å². The maximum atomic E-state index is 13.4. The van der Waals surface area contributed by atoms with Crippen LogP contribution in [-0.4, -0.2) is 39.8 Å². The molecule has 1 atom stereocenters. The molecule has 2 aromatic rings. The van der Waals surface area contributed by atoms with Crippen LogP contribution in [-0.2, 0) is 17.8 Å². The van der Waals surface area contributed by atoms with Crippen molar-refractivity contribution in [3.05, 3.63) is 52.8 Å². The first-order valence-corrected chi connectivity index (χ1v) is 10.0. The lowest BCUT2D eigenvalue weighted by molar-refractivity contribution is 0.0498. The Bertz CT molecular complexity index is 776. The molecule has 1 amide bonds. The van der Waals surface area contributed by atoms with Gasteiger partial charge >= 0.3 is 0 Å². The van der Waals surface area contributed by atoms with Crippen LogP contribution in [0.15, 0.2) is 30.3 Å². The van der Waals surface area contributed by atoms with Crippen molar-refractivity contribution in [2.75, 3.05) is 13.2 Å². The van der Waals surface area contributed by atoms with Crippen molar-refractivity contribution in [1.82, 2.24) is 14.7 Å². The Balaban J connectivity index is 1.87. The van der Waals surface area contributed by atoms with Gasteiger partial charge in [-0.05, 0) is 44.2 Å². The molecule has 1 fully saturated rings. The van der Waals surface area contributed by atoms with E-state index in [1.807, 2.05) is 28.6 Å². The van der Waals surface area contributed by atoms with E-state index in [0.29, 0.717) is 31.2 Å². The van der Waals surface area contributed by atoms with Crippen LogP contribution in [0, 0.1) is 6.92 Å². The summed E-state index contributed by atoms with van der Waals surface area (Å²) in [5, 5.41) is 4.62. The van der Waals surface area contributed by atoms with E-state index >= 15 is 0 Å². The SMILES string of the molecule is CCn1nc(C(C)C)cc1C(=O)N(Cc1cccc(C)c1)C[C@@H]1CCCO1. The molecule has 0 N–H and O–H groups in total. The van der Waals surface area contributed by atoms with Crippen LogP contribution in [0.5, 0.6) is 0 Å². The minimum atomic E-state index is 0.0354. The zero-order valence-electron chi connectivity index (χ0n) is 16.9. The second-order valence-corrected chi connectivity index (χ2v) is 7.73. The highest BCUT2D eigenvalue weighted by Gasteiger charge is 2.26. The van der Waals surface area contributed by atoms with E-state index in [4.69, 9.17) is 4.74 Å². The standard InChI is InChI=1S/C22H31N3O2/c1-5-25-21(13-20(23-25)16(2)3)22(26)24(15-19-10-7-11-27-19)14-18-9-6-8-17(4)12-18/h6,8-9,12-13,16,19H,5,7,10-11,14-15H2,1-4H3/t19-/m0/s1. The number of benzene rings is 1. The van der Waals surface area contributed by atoms with Crippen LogP contribution < -0.4 is 0 Å². The number of aromatic nitrogens is 2. The first-order valence-electron chi connectivity index (χ1n) is 10.0. The van der Waals surface area contributed by atoms with E-state index < -0.39 is 0 Å². The van der Waals surface area contributed by atoms with Crippen LogP contribution in [0.25, 0.3) is 0 Å². The molecule has 0 aliphatic carbocycles. The number of carbonyl (C=O) groups is 1. The van der Waals surface area contributed by atoms with Crippen LogP contribution in [0.3, 0.4) is 0 Å². The fourth-order valence-corrected chi connectivity index (χ4v) is 3.58. The van der Waals surface area contributed by atoms with Gasteiger partial charge < -0.3 is 9.64 Å². The molecule has 5 heteroatoms. The second kappa shape index (κ2) is 8.70. The maximum Gasteiger partial charge on any atom is 0.272 e. The van der Waals surface area contributed by atoms with E-state index in [1.165, 1.54) is 5.56 Å². The number of hydrogen-bond acceptors (Lipinski definition) is 3. The number of ether oxygens (including phenoxy) is 1. The number of hydrogen-bond donors (Lipinski definition) is 0. The molecule has 27 heavy (non-hydrogen) atoms. The molecule has 0 spiro atoms. The minimum Gasteiger partial charge on any atom is -0.376 e. The molecule has 0 bridgehead atoms. The summed E-state index contributed by atoms with van der Waals surface area (Å²) in [6, 6.07) is 10.3. The van der Waals surface area contributed by atoms with E-state index in [-0.39, 0.29) is 12.0 Å². The van der Waals surface area contributed by atoms with Crippen molar-refractivity contribution in [1.29, 1.82) is 0 Å². The predicted molar refractivity (Wildman–Crippen MR) is 107 cm³/mol. The summed E-state index contributed by atoms with van der Waals surface area (Å²) in [5.74, 6) is 0.334. The van der Waals surface area contributed by atoms with E-state index in [2.05, 4.69) is 44.1 Å². The van der Waals surface area contributed by atoms with Crippen LogP contribution in [0.2, 0.25) is 0 Å². The highest BCUT2D eigenvalue weighted by atomic mass is 16.5. The van der Waals surface area contributed by atoms with Gasteiger partial charge in [0.1, 0.15) is 5.69 Å². The largest absolute Gasteiger partial charge is 0.376 e. The van der Waals surface area contributed by atoms with Gasteiger partial charge in [0.05, 0.1) is 11.8 Å². The first-order chi connectivity index (χ1) is 13.0. The molecule has 1 aromatic heterocycles. The predicted octanol–water partition coefficient (Wildman–Crippen LogP) is 4.16. The Morgan fingerprint density at radius 2 is 2.19 bits per heavy atom. The van der Waals surface area contributed by atoms with Gasteiger partial charge in [-0.3, -0.25) is 9.48 Å². The molecule has 0 saturated carbocycles. The number of amides is 1. The van der Waals surface area contributed by atoms with Gasteiger partial charge in [-0.1, -0.05) is 43.7 Å². The highest BCUT2D eigenvalue weighted by molar-refractivity contribution is 5.92. The lowest BCUT2D eigenvalue weighted by Gasteiger charge is -2.26. The van der Waals surface area contributed by atoms with Gasteiger partial charge in [0.25, 0.3) is 5.91 Å². The summed E-state index contributed by atoms with van der Waals surface area (Å²) in [6.07, 6.45) is 2.21. The van der Waals surface area contributed by atoms with Crippen LogP contribution >= 0.6 is 0 Å². The number of carbonyl (C=O) groups excluding carboxylic acids is 1. The second-order valence-electron chi connectivity index (χ2n) is 7.73. The molecule has 5 nitrogen and oxygen atoms in total. The molecular weight excluding hydrogens is 338 g/mol. The summed E-state index contributed by atoms with van der Waals surface area (Å²) in [6.45, 7) is 11.0. The Kier molecular flexibility index (Phi) is 6.32. The normalized spacial score (nSPS) is 16.9. The van der Waals surface area contributed by atoms with Crippen molar-refractivity contribution in [2.45, 2.75) is 65.6 Å². The lowest BCUT2D eigenvalue weighted by atomic mass is 10.1. The average molecular weight is 370 g/mol. The van der Waals surface area contributed by atoms with Gasteiger partial charge in [-0.2, -0.15) is 5.10 Å². The van der Waals surface area contributed by atoms with E-state index in [9.17, 15) is 4.79 Å². The summed E-state index contributed by atoms with van der Waals surface area (Å²) in [4.78, 5) is 15.4. The van der Waals surface area contributed by atoms with E-state index in [0.717, 1.165) is 30.7 Å². The molecule has 1 aliphatic heterocycles. The summed E-state index contributed by atoms with van der Waals surface area (Å²) >= 11 is 0. The van der Waals surface area contributed by atoms with Crippen LogP contribution in [0.4, 0.5) is 0 Å². The smallest absolute Gasteiger partial charge is 0.272 e. The third-order valence-electron chi connectivity index (χ3n) is 5.10. The molecule has 3 rings (SSSR count). The van der Waals surface area contributed by atoms with Gasteiger partial charge in [0, 0.05) is 26.2 Å². The fraction of sp³-hybridized carbons (Fsp3) is 0.545. The molecule has 0 unspecified atom stereocenters. The maximum absolute atomic E-state index is 13.4. The Morgan fingerprint density at radius 3 is 2.81 bits per heavy atom. The third kappa shape index (κ3) is 4.78. The fourth-order valence-electron chi connectivity index (χ4n) is 3.58. The van der Waals surface area contributed by atoms with Crippen molar-refractivity contribution in [3.8, 4) is 0 Å². The summed E-state index contributed by atoms with van der Waals surface area (Å²) in [5.41, 5.74) is 3.99. The van der Waals surface area contributed by atoms with E-state index in [1.54, 1.807) is 0 Å². The highest BCUT2D eigenvalue weighted by Crippen LogP contribution is 2.20. The zero-order chi connectivity index (χ0) is 19.4. The lowest BCUT2D eigenvalue weighted by Crippen LogP contribution is -2.38. The van der Waals surface area contributed by atoms with Gasteiger partial charge in [0.2, 0.25) is 0 Å². The van der Waals surface area contributed by atoms with Crippen molar-refractivity contribution in [2.24, 2.45) is 0 Å². The van der Waals surface area contributed by atoms with Crippen molar-refractivity contribution >= 4 is 5.91 Å². The molecule has 0 radical (unpaired) electrons. The molecule has 1 saturated heterocycles. The third-order valence-corrected chi connectivity index (χ3v) is 5.10. The van der Waals surface area contributed by atoms with Gasteiger partial charge in [-0.15, -0.1) is 0 Å². The monoisotopic (exact) mass is 369 g/mol. The number of nitrogens with zero attached hydrogens (tertiary/aromatic N) is 3. The molecule has 1 aliphatic rings. The topological polar surface area (TPSA) is 47.4 Å². The molecule has 2 heterocycles. The van der Waals surface area contributed by atoms with Gasteiger partial charge in [-0.25, -0.2) is 0 Å². The Hall–Kier alpha value is -2.14. The number of rotatable bonds is 7. The molecular formula is C22H31N3O2. The summed E-state index contributed by atoms with van der Waals surface area (Å²) < 4.78 is 7.64. The Morgan fingerprint density at radius 1 is 1.37 bits per heavy atom. The van der Waals surface area contributed by atoms with Crippen molar-refractivity contribution < 1.29 is 9.53 Å². The summed E-state index contributed by atoms with van der Waals surface area (Å²) in [7, 11) is 0. The zero-order valence-corrected chi connectivity index (χ0v) is 16.9. The van der Waals surface area contributed by atoms with Gasteiger partial charge in [0.15, 0.2) is 0 Å². The van der Waals surface area contributed by atoms with Crippen LogP contribution in [0.1, 0.15) is 66.8 Å². The molecule has 1 aromatic carbocycles. The average Bonchev–Trinajstić information content (AvgIpc) is 3.30. The quantitative estimate of drug-likeness (QED) is 0.736. The first kappa shape index (κ1) is 19.6.